The standard InChI is InChI=1S/C5H10ClN/c1-4(6)5(2)7-3/h4H,1-3H3. The van der Waals surface area contributed by atoms with Crippen LogP contribution >= 0.6 is 11.6 Å². The van der Waals surface area contributed by atoms with E-state index in [0.29, 0.717) is 0 Å². The maximum Gasteiger partial charge on any atom is 0.0682 e. The van der Waals surface area contributed by atoms with Crippen molar-refractivity contribution in [2.24, 2.45) is 4.99 Å². The van der Waals surface area contributed by atoms with Crippen LogP contribution in [-0.2, 0) is 0 Å². The van der Waals surface area contributed by atoms with Gasteiger partial charge in [0.1, 0.15) is 0 Å². The SMILES string of the molecule is CN=C(C)C(C)Cl. The normalized spacial score (nSPS) is 16.9. The Hall–Kier alpha value is -0.0400. The van der Waals surface area contributed by atoms with Gasteiger partial charge in [-0.05, 0) is 13.8 Å². The molecule has 0 fully saturated rings. The fraction of sp³-hybridized carbons (Fsp3) is 0.800. The molecule has 1 unspecified atom stereocenters. The maximum absolute atomic E-state index is 5.60. The molecule has 0 radical (unpaired) electrons. The Balaban J connectivity index is 3.56. The third kappa shape index (κ3) is 2.63. The summed E-state index contributed by atoms with van der Waals surface area (Å²) in [5.41, 5.74) is 0.988. The van der Waals surface area contributed by atoms with Gasteiger partial charge >= 0.3 is 0 Å². The molecule has 0 saturated carbocycles. The van der Waals surface area contributed by atoms with E-state index in [4.69, 9.17) is 11.6 Å². The van der Waals surface area contributed by atoms with Gasteiger partial charge in [0.15, 0.2) is 0 Å². The van der Waals surface area contributed by atoms with Crippen LogP contribution in [0, 0.1) is 0 Å². The fourth-order valence-corrected chi connectivity index (χ4v) is 0.275. The van der Waals surface area contributed by atoms with E-state index in [2.05, 4.69) is 4.99 Å². The van der Waals surface area contributed by atoms with E-state index in [1.807, 2.05) is 13.8 Å². The molecule has 1 nitrogen and oxygen atoms in total. The second-order valence-electron chi connectivity index (χ2n) is 1.48. The predicted molar refractivity (Wildman–Crippen MR) is 34.3 cm³/mol. The summed E-state index contributed by atoms with van der Waals surface area (Å²) in [5.74, 6) is 0. The largest absolute Gasteiger partial charge is 0.296 e. The minimum atomic E-state index is 0.0880. The summed E-state index contributed by atoms with van der Waals surface area (Å²) >= 11 is 5.60. The van der Waals surface area contributed by atoms with Gasteiger partial charge in [-0.1, -0.05) is 0 Å². The van der Waals surface area contributed by atoms with E-state index in [0.717, 1.165) is 5.71 Å². The van der Waals surface area contributed by atoms with Crippen molar-refractivity contribution in [1.29, 1.82) is 0 Å². The lowest BCUT2D eigenvalue weighted by Gasteiger charge is -1.96. The number of hydrogen-bond acceptors (Lipinski definition) is 1. The zero-order valence-corrected chi connectivity index (χ0v) is 5.66. The van der Waals surface area contributed by atoms with E-state index < -0.39 is 0 Å². The van der Waals surface area contributed by atoms with Gasteiger partial charge in [0.2, 0.25) is 0 Å². The van der Waals surface area contributed by atoms with Crippen LogP contribution in [0.3, 0.4) is 0 Å². The first-order chi connectivity index (χ1) is 3.18. The van der Waals surface area contributed by atoms with Gasteiger partial charge in [0.25, 0.3) is 0 Å². The smallest absolute Gasteiger partial charge is 0.0682 e. The van der Waals surface area contributed by atoms with Crippen molar-refractivity contribution in [3.05, 3.63) is 0 Å². The lowest BCUT2D eigenvalue weighted by Crippen LogP contribution is -2.03. The summed E-state index contributed by atoms with van der Waals surface area (Å²) in [4.78, 5) is 3.87. The Labute approximate surface area is 49.4 Å². The van der Waals surface area contributed by atoms with E-state index in [1.54, 1.807) is 7.05 Å². The summed E-state index contributed by atoms with van der Waals surface area (Å²) in [6.07, 6.45) is 0. The molecular formula is C5H10ClN. The number of rotatable bonds is 1. The first-order valence-corrected chi connectivity index (χ1v) is 2.69. The topological polar surface area (TPSA) is 12.4 Å². The third-order valence-electron chi connectivity index (χ3n) is 0.928. The molecule has 0 saturated heterocycles. The van der Waals surface area contributed by atoms with E-state index >= 15 is 0 Å². The Kier molecular flexibility index (Phi) is 3.01. The van der Waals surface area contributed by atoms with Crippen molar-refractivity contribution >= 4 is 17.3 Å². The van der Waals surface area contributed by atoms with Gasteiger partial charge in [0.05, 0.1) is 5.38 Å². The average Bonchev–Trinajstić information content (AvgIpc) is 1.65. The van der Waals surface area contributed by atoms with Crippen LogP contribution in [0.25, 0.3) is 0 Å². The highest BCUT2D eigenvalue weighted by molar-refractivity contribution is 6.31. The third-order valence-corrected chi connectivity index (χ3v) is 1.24. The van der Waals surface area contributed by atoms with Crippen LogP contribution in [0.1, 0.15) is 13.8 Å². The quantitative estimate of drug-likeness (QED) is 0.368. The lowest BCUT2D eigenvalue weighted by molar-refractivity contribution is 1.24. The number of hydrogen-bond donors (Lipinski definition) is 0. The number of alkyl halides is 1. The molecule has 42 valence electrons. The molecule has 0 bridgehead atoms. The number of nitrogens with zero attached hydrogens (tertiary/aromatic N) is 1. The second-order valence-corrected chi connectivity index (χ2v) is 2.14. The molecule has 0 aromatic heterocycles. The Morgan fingerprint density at radius 2 is 2.14 bits per heavy atom. The molecule has 2 heteroatoms. The molecule has 0 rings (SSSR count). The van der Waals surface area contributed by atoms with Crippen LogP contribution in [0.5, 0.6) is 0 Å². The van der Waals surface area contributed by atoms with Crippen molar-refractivity contribution < 1.29 is 0 Å². The fourth-order valence-electron chi connectivity index (χ4n) is 0.178. The monoisotopic (exact) mass is 119 g/mol. The van der Waals surface area contributed by atoms with E-state index in [1.165, 1.54) is 0 Å². The predicted octanol–water partition coefficient (Wildman–Crippen LogP) is 1.70. The highest BCUT2D eigenvalue weighted by atomic mass is 35.5. The molecule has 0 heterocycles. The van der Waals surface area contributed by atoms with Crippen molar-refractivity contribution in [3.8, 4) is 0 Å². The van der Waals surface area contributed by atoms with Crippen LogP contribution < -0.4 is 0 Å². The minimum Gasteiger partial charge on any atom is -0.296 e. The summed E-state index contributed by atoms with van der Waals surface area (Å²) < 4.78 is 0. The molecule has 0 aliphatic rings. The van der Waals surface area contributed by atoms with Crippen molar-refractivity contribution in [3.63, 3.8) is 0 Å². The molecule has 7 heavy (non-hydrogen) atoms. The van der Waals surface area contributed by atoms with Gasteiger partial charge in [-0.25, -0.2) is 0 Å². The van der Waals surface area contributed by atoms with Gasteiger partial charge in [-0.2, -0.15) is 0 Å². The van der Waals surface area contributed by atoms with Crippen LogP contribution in [0.2, 0.25) is 0 Å². The van der Waals surface area contributed by atoms with Gasteiger partial charge in [0, 0.05) is 12.8 Å². The zero-order chi connectivity index (χ0) is 5.86. The van der Waals surface area contributed by atoms with Crippen LogP contribution in [-0.4, -0.2) is 18.1 Å². The van der Waals surface area contributed by atoms with Crippen LogP contribution in [0.15, 0.2) is 4.99 Å². The minimum absolute atomic E-state index is 0.0880. The Bertz CT molecular complexity index is 76.1. The zero-order valence-electron chi connectivity index (χ0n) is 4.90. The van der Waals surface area contributed by atoms with Gasteiger partial charge < -0.3 is 0 Å². The number of halogens is 1. The molecule has 1 atom stereocenters. The molecule has 0 amide bonds. The van der Waals surface area contributed by atoms with Crippen molar-refractivity contribution in [2.75, 3.05) is 7.05 Å². The highest BCUT2D eigenvalue weighted by Gasteiger charge is 1.95. The Morgan fingerprint density at radius 1 is 1.71 bits per heavy atom. The Morgan fingerprint density at radius 3 is 2.14 bits per heavy atom. The van der Waals surface area contributed by atoms with E-state index in [-0.39, 0.29) is 5.38 Å². The van der Waals surface area contributed by atoms with Gasteiger partial charge in [-0.15, -0.1) is 11.6 Å². The van der Waals surface area contributed by atoms with Crippen molar-refractivity contribution in [2.45, 2.75) is 19.2 Å². The summed E-state index contributed by atoms with van der Waals surface area (Å²) in [7, 11) is 1.74. The summed E-state index contributed by atoms with van der Waals surface area (Å²) in [6, 6.07) is 0. The number of aliphatic imine (C=N–C) groups is 1. The first-order valence-electron chi connectivity index (χ1n) is 2.26. The molecule has 0 spiro atoms. The average molecular weight is 120 g/mol. The van der Waals surface area contributed by atoms with Gasteiger partial charge in [-0.3, -0.25) is 4.99 Å². The maximum atomic E-state index is 5.60. The van der Waals surface area contributed by atoms with Crippen LogP contribution in [0.4, 0.5) is 0 Å². The lowest BCUT2D eigenvalue weighted by atomic mass is 10.3. The highest BCUT2D eigenvalue weighted by Crippen LogP contribution is 1.94. The van der Waals surface area contributed by atoms with E-state index in [9.17, 15) is 0 Å². The molecule has 0 aromatic rings. The molecule has 0 aliphatic heterocycles. The molecule has 0 N–H and O–H groups in total. The van der Waals surface area contributed by atoms with Crippen molar-refractivity contribution in [1.82, 2.24) is 0 Å². The molecule has 0 aromatic carbocycles. The summed E-state index contributed by atoms with van der Waals surface area (Å²) in [6.45, 7) is 3.82. The first kappa shape index (κ1) is 6.96. The second kappa shape index (κ2) is 3.03. The molecule has 0 aliphatic carbocycles. The molecular weight excluding hydrogens is 110 g/mol. The summed E-state index contributed by atoms with van der Waals surface area (Å²) in [5, 5.41) is 0.0880.